The van der Waals surface area contributed by atoms with Crippen molar-refractivity contribution in [3.8, 4) is 0 Å². The van der Waals surface area contributed by atoms with Crippen LogP contribution in [0.5, 0.6) is 0 Å². The van der Waals surface area contributed by atoms with E-state index < -0.39 is 0 Å². The Hall–Kier alpha value is -0.870. The summed E-state index contributed by atoms with van der Waals surface area (Å²) in [5, 5.41) is 10.5. The molecule has 0 saturated heterocycles. The molecule has 2 N–H and O–H groups in total. The highest BCUT2D eigenvalue weighted by Crippen LogP contribution is 2.16. The van der Waals surface area contributed by atoms with Crippen molar-refractivity contribution in [1.82, 2.24) is 10.6 Å². The lowest BCUT2D eigenvalue weighted by atomic mass is 10.1. The summed E-state index contributed by atoms with van der Waals surface area (Å²) in [6, 6.07) is 2.38. The van der Waals surface area contributed by atoms with Gasteiger partial charge in [0.1, 0.15) is 0 Å². The van der Waals surface area contributed by atoms with Gasteiger partial charge in [0.2, 0.25) is 5.91 Å². The average Bonchev–Trinajstić information content (AvgIpc) is 2.82. The molecule has 1 aromatic rings. The van der Waals surface area contributed by atoms with Crippen LogP contribution in [-0.2, 0) is 4.79 Å². The third kappa shape index (κ3) is 4.78. The second-order valence-electron chi connectivity index (χ2n) is 4.87. The van der Waals surface area contributed by atoms with Crippen LogP contribution in [0.1, 0.15) is 52.1 Å². The van der Waals surface area contributed by atoms with E-state index in [1.165, 1.54) is 5.56 Å². The second kappa shape index (κ2) is 7.54. The van der Waals surface area contributed by atoms with Crippen LogP contribution in [0.25, 0.3) is 0 Å². The van der Waals surface area contributed by atoms with Gasteiger partial charge < -0.3 is 5.32 Å². The fraction of sp³-hybridized carbons (Fsp3) is 0.643. The van der Waals surface area contributed by atoms with Crippen LogP contribution in [0.3, 0.4) is 0 Å². The van der Waals surface area contributed by atoms with E-state index in [1.807, 2.05) is 6.92 Å². The maximum atomic E-state index is 12.0. The highest BCUT2D eigenvalue weighted by Gasteiger charge is 2.17. The maximum absolute atomic E-state index is 12.0. The summed E-state index contributed by atoms with van der Waals surface area (Å²) in [4.78, 5) is 12.0. The zero-order chi connectivity index (χ0) is 13.5. The molecule has 0 saturated carbocycles. The third-order valence-electron chi connectivity index (χ3n) is 3.05. The van der Waals surface area contributed by atoms with Crippen molar-refractivity contribution >= 4 is 17.2 Å². The van der Waals surface area contributed by atoms with E-state index in [0.29, 0.717) is 0 Å². The monoisotopic (exact) mass is 268 g/mol. The van der Waals surface area contributed by atoms with Crippen molar-refractivity contribution in [3.05, 3.63) is 22.4 Å². The molecule has 4 heteroatoms. The first-order valence-electron chi connectivity index (χ1n) is 6.63. The lowest BCUT2D eigenvalue weighted by Crippen LogP contribution is -2.46. The van der Waals surface area contributed by atoms with Crippen molar-refractivity contribution in [2.75, 3.05) is 0 Å². The third-order valence-corrected chi connectivity index (χ3v) is 3.75. The van der Waals surface area contributed by atoms with Crippen LogP contribution in [-0.4, -0.2) is 18.0 Å². The predicted octanol–water partition coefficient (Wildman–Crippen LogP) is 3.09. The molecular formula is C14H24N2OS. The van der Waals surface area contributed by atoms with Crippen LogP contribution in [0.15, 0.2) is 16.8 Å². The fourth-order valence-electron chi connectivity index (χ4n) is 1.94. The van der Waals surface area contributed by atoms with E-state index in [4.69, 9.17) is 0 Å². The molecule has 0 aromatic carbocycles. The Morgan fingerprint density at radius 2 is 2.11 bits per heavy atom. The van der Waals surface area contributed by atoms with Gasteiger partial charge in [0.05, 0.1) is 6.04 Å². The average molecular weight is 268 g/mol. The summed E-state index contributed by atoms with van der Waals surface area (Å²) in [6.45, 7) is 8.18. The summed E-state index contributed by atoms with van der Waals surface area (Å²) in [7, 11) is 0. The van der Waals surface area contributed by atoms with Crippen molar-refractivity contribution in [2.24, 2.45) is 0 Å². The predicted molar refractivity (Wildman–Crippen MR) is 77.8 cm³/mol. The number of thiophene rings is 1. The molecule has 0 spiro atoms. The Morgan fingerprint density at radius 3 is 2.67 bits per heavy atom. The van der Waals surface area contributed by atoms with Crippen LogP contribution in [0, 0.1) is 0 Å². The van der Waals surface area contributed by atoms with Gasteiger partial charge in [-0.15, -0.1) is 0 Å². The zero-order valence-corrected chi connectivity index (χ0v) is 12.5. The van der Waals surface area contributed by atoms with Crippen LogP contribution >= 0.6 is 11.3 Å². The summed E-state index contributed by atoms with van der Waals surface area (Å²) in [5.74, 6) is 0.0815. The van der Waals surface area contributed by atoms with Gasteiger partial charge in [-0.2, -0.15) is 11.3 Å². The number of hydrogen-bond donors (Lipinski definition) is 2. The molecule has 0 aliphatic rings. The summed E-state index contributed by atoms with van der Waals surface area (Å²) in [6.07, 6.45) is 2.12. The van der Waals surface area contributed by atoms with E-state index in [9.17, 15) is 4.79 Å². The van der Waals surface area contributed by atoms with Crippen LogP contribution < -0.4 is 10.6 Å². The molecule has 3 unspecified atom stereocenters. The minimum absolute atomic E-state index is 0.0815. The topological polar surface area (TPSA) is 41.1 Å². The van der Waals surface area contributed by atoms with Gasteiger partial charge in [0, 0.05) is 12.1 Å². The Kier molecular flexibility index (Phi) is 6.36. The van der Waals surface area contributed by atoms with E-state index in [-0.39, 0.29) is 24.0 Å². The molecule has 3 atom stereocenters. The van der Waals surface area contributed by atoms with Gasteiger partial charge in [0.15, 0.2) is 0 Å². The highest BCUT2D eigenvalue weighted by atomic mass is 32.1. The van der Waals surface area contributed by atoms with Crippen LogP contribution in [0.2, 0.25) is 0 Å². The quantitative estimate of drug-likeness (QED) is 0.798. The lowest BCUT2D eigenvalue weighted by molar-refractivity contribution is -0.123. The van der Waals surface area contributed by atoms with Gasteiger partial charge >= 0.3 is 0 Å². The van der Waals surface area contributed by atoms with E-state index in [0.717, 1.165) is 12.8 Å². The Morgan fingerprint density at radius 1 is 1.39 bits per heavy atom. The molecule has 102 valence electrons. The van der Waals surface area contributed by atoms with Gasteiger partial charge in [-0.1, -0.05) is 13.3 Å². The normalized spacial score (nSPS) is 16.0. The lowest BCUT2D eigenvalue weighted by Gasteiger charge is -2.21. The second-order valence-corrected chi connectivity index (χ2v) is 5.65. The number of rotatable bonds is 7. The van der Waals surface area contributed by atoms with Gasteiger partial charge in [-0.3, -0.25) is 10.1 Å². The molecule has 1 heterocycles. The maximum Gasteiger partial charge on any atom is 0.237 e. The van der Waals surface area contributed by atoms with Crippen molar-refractivity contribution in [2.45, 2.75) is 58.7 Å². The van der Waals surface area contributed by atoms with Gasteiger partial charge in [0.25, 0.3) is 0 Å². The summed E-state index contributed by atoms with van der Waals surface area (Å²) in [5.41, 5.74) is 1.24. The molecule has 0 fully saturated rings. The minimum atomic E-state index is -0.167. The molecule has 0 bridgehead atoms. The van der Waals surface area contributed by atoms with E-state index in [1.54, 1.807) is 11.3 Å². The number of carbonyl (C=O) groups excluding carboxylic acids is 1. The largest absolute Gasteiger partial charge is 0.352 e. The standard InChI is InChI=1S/C14H24N2OS/c1-5-6-10(2)15-14(17)12(4)16-11(3)13-7-8-18-9-13/h7-12,16H,5-6H2,1-4H3,(H,15,17). The highest BCUT2D eigenvalue weighted by molar-refractivity contribution is 7.07. The van der Waals surface area contributed by atoms with Crippen molar-refractivity contribution < 1.29 is 4.79 Å². The zero-order valence-electron chi connectivity index (χ0n) is 11.7. The molecule has 3 nitrogen and oxygen atoms in total. The first-order chi connectivity index (χ1) is 8.54. The van der Waals surface area contributed by atoms with Crippen LogP contribution in [0.4, 0.5) is 0 Å². The molecule has 0 aliphatic heterocycles. The SMILES string of the molecule is CCCC(C)NC(=O)C(C)NC(C)c1ccsc1. The number of hydrogen-bond acceptors (Lipinski definition) is 3. The molecule has 1 aromatic heterocycles. The molecule has 0 aliphatic carbocycles. The molecule has 1 amide bonds. The summed E-state index contributed by atoms with van der Waals surface area (Å²) < 4.78 is 0. The smallest absolute Gasteiger partial charge is 0.237 e. The summed E-state index contributed by atoms with van der Waals surface area (Å²) >= 11 is 1.68. The first-order valence-corrected chi connectivity index (χ1v) is 7.57. The number of amides is 1. The minimum Gasteiger partial charge on any atom is -0.352 e. The van der Waals surface area contributed by atoms with Gasteiger partial charge in [-0.25, -0.2) is 0 Å². The first kappa shape index (κ1) is 15.2. The van der Waals surface area contributed by atoms with Crippen molar-refractivity contribution in [1.29, 1.82) is 0 Å². The number of nitrogens with one attached hydrogen (secondary N) is 2. The molecular weight excluding hydrogens is 244 g/mol. The molecule has 0 radical (unpaired) electrons. The Labute approximate surface area is 114 Å². The Bertz CT molecular complexity index is 351. The van der Waals surface area contributed by atoms with E-state index >= 15 is 0 Å². The van der Waals surface area contributed by atoms with E-state index in [2.05, 4.69) is 48.2 Å². The Balaban J connectivity index is 2.40. The number of carbonyl (C=O) groups is 1. The van der Waals surface area contributed by atoms with Crippen molar-refractivity contribution in [3.63, 3.8) is 0 Å². The van der Waals surface area contributed by atoms with Gasteiger partial charge in [-0.05, 0) is 49.6 Å². The molecule has 18 heavy (non-hydrogen) atoms. The molecule has 1 rings (SSSR count). The fourth-order valence-corrected chi connectivity index (χ4v) is 2.70.